The normalized spacial score (nSPS) is 10.0. The van der Waals surface area contributed by atoms with E-state index in [1.807, 2.05) is 18.2 Å². The summed E-state index contributed by atoms with van der Waals surface area (Å²) >= 11 is 1.70. The minimum atomic E-state index is 0.494. The van der Waals surface area contributed by atoms with Crippen LogP contribution in [0, 0.1) is 17.2 Å². The fraction of sp³-hybridized carbons (Fsp3) is 0.400. The number of rotatable bonds is 3. The van der Waals surface area contributed by atoms with Crippen LogP contribution in [0.3, 0.4) is 0 Å². The molecule has 1 aromatic heterocycles. The van der Waals surface area contributed by atoms with Crippen LogP contribution in [0.15, 0.2) is 23.2 Å². The first-order valence-electron chi connectivity index (χ1n) is 4.22. The number of hydrogen-bond donors (Lipinski definition) is 0. The van der Waals surface area contributed by atoms with Crippen molar-refractivity contribution in [3.8, 4) is 6.07 Å². The van der Waals surface area contributed by atoms with E-state index < -0.39 is 0 Å². The molecule has 0 aliphatic heterocycles. The maximum Gasteiger partial charge on any atom is 0.141 e. The van der Waals surface area contributed by atoms with Gasteiger partial charge in [-0.2, -0.15) is 5.26 Å². The Labute approximate surface area is 83.0 Å². The smallest absolute Gasteiger partial charge is 0.141 e. The molecule has 1 aromatic rings. The predicted octanol–water partition coefficient (Wildman–Crippen LogP) is 2.70. The molecule has 13 heavy (non-hydrogen) atoms. The van der Waals surface area contributed by atoms with Gasteiger partial charge >= 0.3 is 0 Å². The minimum Gasteiger partial charge on any atom is -0.231 e. The van der Waals surface area contributed by atoms with E-state index in [9.17, 15) is 0 Å². The van der Waals surface area contributed by atoms with Gasteiger partial charge in [0.1, 0.15) is 11.8 Å². The summed E-state index contributed by atoms with van der Waals surface area (Å²) in [6.45, 7) is 4.34. The molecule has 0 fully saturated rings. The minimum absolute atomic E-state index is 0.494. The molecular formula is C10H12N2S. The Kier molecular flexibility index (Phi) is 3.78. The molecule has 2 nitrogen and oxygen atoms in total. The summed E-state index contributed by atoms with van der Waals surface area (Å²) in [5, 5.41) is 9.56. The molecule has 0 saturated carbocycles. The van der Waals surface area contributed by atoms with Gasteiger partial charge < -0.3 is 0 Å². The van der Waals surface area contributed by atoms with Gasteiger partial charge in [-0.15, -0.1) is 11.8 Å². The molecular weight excluding hydrogens is 180 g/mol. The Hall–Kier alpha value is -1.01. The lowest BCUT2D eigenvalue weighted by Gasteiger charge is -2.02. The van der Waals surface area contributed by atoms with Gasteiger partial charge in [-0.05, 0) is 18.1 Å². The molecule has 68 valence electrons. The highest BCUT2D eigenvalue weighted by atomic mass is 32.2. The van der Waals surface area contributed by atoms with Gasteiger partial charge in [0.05, 0.1) is 5.03 Å². The van der Waals surface area contributed by atoms with Crippen molar-refractivity contribution in [1.29, 1.82) is 5.26 Å². The SMILES string of the molecule is CC(C)CSc1cccc(C#N)n1. The van der Waals surface area contributed by atoms with Gasteiger partial charge in [0, 0.05) is 5.75 Å². The monoisotopic (exact) mass is 192 g/mol. The van der Waals surface area contributed by atoms with E-state index in [1.54, 1.807) is 17.8 Å². The van der Waals surface area contributed by atoms with Crippen molar-refractivity contribution in [2.75, 3.05) is 5.75 Å². The van der Waals surface area contributed by atoms with Crippen molar-refractivity contribution in [3.05, 3.63) is 23.9 Å². The van der Waals surface area contributed by atoms with Crippen LogP contribution in [0.1, 0.15) is 19.5 Å². The van der Waals surface area contributed by atoms with E-state index in [2.05, 4.69) is 18.8 Å². The lowest BCUT2D eigenvalue weighted by Crippen LogP contribution is -1.92. The number of hydrogen-bond acceptors (Lipinski definition) is 3. The second-order valence-corrected chi connectivity index (χ2v) is 4.22. The van der Waals surface area contributed by atoms with Gasteiger partial charge in [-0.25, -0.2) is 4.98 Å². The summed E-state index contributed by atoms with van der Waals surface area (Å²) in [5.74, 6) is 1.69. The summed E-state index contributed by atoms with van der Waals surface area (Å²) < 4.78 is 0. The maximum absolute atomic E-state index is 8.62. The average molecular weight is 192 g/mol. The van der Waals surface area contributed by atoms with Crippen LogP contribution in [0.5, 0.6) is 0 Å². The standard InChI is InChI=1S/C10H12N2S/c1-8(2)7-13-10-5-3-4-9(6-11)12-10/h3-5,8H,7H2,1-2H3. The highest BCUT2D eigenvalue weighted by Crippen LogP contribution is 2.18. The van der Waals surface area contributed by atoms with Crippen LogP contribution in [-0.4, -0.2) is 10.7 Å². The summed E-state index contributed by atoms with van der Waals surface area (Å²) in [4.78, 5) is 4.17. The molecule has 0 aliphatic carbocycles. The summed E-state index contributed by atoms with van der Waals surface area (Å²) in [7, 11) is 0. The van der Waals surface area contributed by atoms with Crippen LogP contribution in [0.2, 0.25) is 0 Å². The molecule has 0 saturated heterocycles. The Morgan fingerprint density at radius 3 is 2.92 bits per heavy atom. The van der Waals surface area contributed by atoms with Crippen LogP contribution in [0.25, 0.3) is 0 Å². The van der Waals surface area contributed by atoms with Crippen LogP contribution in [0.4, 0.5) is 0 Å². The number of pyridine rings is 1. The second kappa shape index (κ2) is 4.88. The van der Waals surface area contributed by atoms with Gasteiger partial charge in [0.25, 0.3) is 0 Å². The van der Waals surface area contributed by atoms with E-state index in [-0.39, 0.29) is 0 Å². The zero-order valence-corrected chi connectivity index (χ0v) is 8.64. The molecule has 1 rings (SSSR count). The molecule has 3 heteroatoms. The van der Waals surface area contributed by atoms with Crippen LogP contribution in [-0.2, 0) is 0 Å². The predicted molar refractivity (Wildman–Crippen MR) is 54.5 cm³/mol. The Balaban J connectivity index is 2.63. The van der Waals surface area contributed by atoms with Crippen LogP contribution >= 0.6 is 11.8 Å². The molecule has 0 unspecified atom stereocenters. The highest BCUT2D eigenvalue weighted by molar-refractivity contribution is 7.99. The largest absolute Gasteiger partial charge is 0.231 e. The van der Waals surface area contributed by atoms with Crippen molar-refractivity contribution < 1.29 is 0 Å². The van der Waals surface area contributed by atoms with E-state index in [4.69, 9.17) is 5.26 Å². The second-order valence-electron chi connectivity index (χ2n) is 3.18. The zero-order valence-electron chi connectivity index (χ0n) is 7.82. The number of nitriles is 1. The topological polar surface area (TPSA) is 36.7 Å². The highest BCUT2D eigenvalue weighted by Gasteiger charge is 1.99. The maximum atomic E-state index is 8.62. The Bertz CT molecular complexity index is 315. The Morgan fingerprint density at radius 1 is 1.54 bits per heavy atom. The number of thioether (sulfide) groups is 1. The number of aromatic nitrogens is 1. The summed E-state index contributed by atoms with van der Waals surface area (Å²) in [6, 6.07) is 7.56. The third kappa shape index (κ3) is 3.47. The summed E-state index contributed by atoms with van der Waals surface area (Å²) in [5.41, 5.74) is 0.494. The molecule has 0 spiro atoms. The molecule has 0 bridgehead atoms. The summed E-state index contributed by atoms with van der Waals surface area (Å²) in [6.07, 6.45) is 0. The van der Waals surface area contributed by atoms with Crippen molar-refractivity contribution in [3.63, 3.8) is 0 Å². The van der Waals surface area contributed by atoms with E-state index in [0.717, 1.165) is 10.8 Å². The molecule has 0 radical (unpaired) electrons. The molecule has 0 amide bonds. The van der Waals surface area contributed by atoms with Gasteiger partial charge in [0.2, 0.25) is 0 Å². The first kappa shape index (κ1) is 10.1. The van der Waals surface area contributed by atoms with E-state index >= 15 is 0 Å². The molecule has 0 N–H and O–H groups in total. The Morgan fingerprint density at radius 2 is 2.31 bits per heavy atom. The molecule has 1 heterocycles. The van der Waals surface area contributed by atoms with Gasteiger partial charge in [-0.1, -0.05) is 19.9 Å². The van der Waals surface area contributed by atoms with E-state index in [0.29, 0.717) is 11.6 Å². The van der Waals surface area contributed by atoms with Crippen molar-refractivity contribution >= 4 is 11.8 Å². The van der Waals surface area contributed by atoms with Crippen molar-refractivity contribution in [1.82, 2.24) is 4.98 Å². The number of nitrogens with zero attached hydrogens (tertiary/aromatic N) is 2. The van der Waals surface area contributed by atoms with Crippen molar-refractivity contribution in [2.45, 2.75) is 18.9 Å². The van der Waals surface area contributed by atoms with Crippen LogP contribution < -0.4 is 0 Å². The third-order valence-corrected chi connectivity index (χ3v) is 2.76. The molecule has 0 aliphatic rings. The van der Waals surface area contributed by atoms with Crippen molar-refractivity contribution in [2.24, 2.45) is 5.92 Å². The van der Waals surface area contributed by atoms with Gasteiger partial charge in [0.15, 0.2) is 0 Å². The van der Waals surface area contributed by atoms with E-state index in [1.165, 1.54) is 0 Å². The fourth-order valence-electron chi connectivity index (χ4n) is 0.810. The lowest BCUT2D eigenvalue weighted by molar-refractivity contribution is 0.749. The first-order chi connectivity index (χ1) is 6.22. The zero-order chi connectivity index (χ0) is 9.68. The lowest BCUT2D eigenvalue weighted by atomic mass is 10.3. The van der Waals surface area contributed by atoms with Gasteiger partial charge in [-0.3, -0.25) is 0 Å². The molecule has 0 aromatic carbocycles. The average Bonchev–Trinajstić information content (AvgIpc) is 2.15. The fourth-order valence-corrected chi connectivity index (χ4v) is 1.65. The quantitative estimate of drug-likeness (QED) is 0.691. The molecule has 0 atom stereocenters. The first-order valence-corrected chi connectivity index (χ1v) is 5.21. The third-order valence-electron chi connectivity index (χ3n) is 1.40.